The molecule has 0 aliphatic rings. The van der Waals surface area contributed by atoms with Gasteiger partial charge in [-0.05, 0) is 72.5 Å². The Morgan fingerprint density at radius 2 is 1.08 bits per heavy atom. The van der Waals surface area contributed by atoms with Crippen LogP contribution in [0.15, 0.2) is 155 Å². The van der Waals surface area contributed by atoms with Gasteiger partial charge in [-0.15, -0.1) is 30.7 Å². The molecule has 0 saturated carbocycles. The van der Waals surface area contributed by atoms with Gasteiger partial charge >= 0.3 is 0 Å². The molecule has 0 fully saturated rings. The minimum absolute atomic E-state index is 0.00836. The molecule has 72 heavy (non-hydrogen) atoms. The molecule has 0 spiro atoms. The highest BCUT2D eigenvalue weighted by atomic mass is 32.2. The minimum Gasteiger partial charge on any atom is -0.505 e. The first-order valence-corrected chi connectivity index (χ1v) is 26.3. The Morgan fingerprint density at radius 1 is 0.500 bits per heavy atom. The van der Waals surface area contributed by atoms with Gasteiger partial charge in [0.1, 0.15) is 61.2 Å². The van der Waals surface area contributed by atoms with Gasteiger partial charge in [0.05, 0.1) is 44.3 Å². The van der Waals surface area contributed by atoms with Crippen molar-refractivity contribution >= 4 is 108 Å². The molecule has 376 valence electrons. The molecule has 28 heteroatoms. The maximum absolute atomic E-state index is 12.8. The van der Waals surface area contributed by atoms with E-state index in [9.17, 15) is 52.4 Å². The Kier molecular flexibility index (Phi) is 15.2. The highest BCUT2D eigenvalue weighted by molar-refractivity contribution is 7.86. The van der Waals surface area contributed by atoms with Gasteiger partial charge in [-0.2, -0.15) is 33.7 Å². The van der Waals surface area contributed by atoms with Crippen molar-refractivity contribution in [3.8, 4) is 28.7 Å². The third-order valence-corrected chi connectivity index (χ3v) is 13.6. The lowest BCUT2D eigenvalue weighted by atomic mass is 10.1. The first kappa shape index (κ1) is 52.1. The number of anilines is 2. The van der Waals surface area contributed by atoms with Gasteiger partial charge in [0.25, 0.3) is 40.5 Å². The first-order valence-electron chi connectivity index (χ1n) is 20.4. The summed E-state index contributed by atoms with van der Waals surface area (Å²) in [6.45, 7) is -0.226. The summed E-state index contributed by atoms with van der Waals surface area (Å²) < 4.78 is 158. The lowest BCUT2D eigenvalue weighted by molar-refractivity contribution is 0.315. The van der Waals surface area contributed by atoms with Crippen LogP contribution in [0.4, 0.5) is 45.5 Å². The maximum Gasteiger partial charge on any atom is 0.296 e. The number of azo groups is 3. The van der Waals surface area contributed by atoms with E-state index in [0.717, 1.165) is 36.0 Å². The number of phenolic OH excluding ortho intramolecular Hbond substituents is 1. The molecule has 0 radical (unpaired) electrons. The molecule has 24 nitrogen and oxygen atoms in total. The summed E-state index contributed by atoms with van der Waals surface area (Å²) in [6, 6.07) is 25.4. The van der Waals surface area contributed by atoms with E-state index in [1.165, 1.54) is 57.7 Å². The Hall–Kier alpha value is -7.70. The zero-order valence-electron chi connectivity index (χ0n) is 37.5. The summed E-state index contributed by atoms with van der Waals surface area (Å²) in [7, 11) is -15.3. The fourth-order valence-electron chi connectivity index (χ4n) is 6.90. The largest absolute Gasteiger partial charge is 0.505 e. The van der Waals surface area contributed by atoms with E-state index in [0.29, 0.717) is 5.69 Å². The van der Waals surface area contributed by atoms with Crippen LogP contribution in [0.2, 0.25) is 0 Å². The third kappa shape index (κ3) is 12.2. The van der Waals surface area contributed by atoms with Crippen molar-refractivity contribution < 1.29 is 75.9 Å². The average molecular weight is 1070 g/mol. The summed E-state index contributed by atoms with van der Waals surface area (Å²) in [4.78, 5) is -2.10. The molecule has 0 saturated heterocycles. The number of rotatable bonds is 19. The van der Waals surface area contributed by atoms with Crippen LogP contribution >= 0.6 is 0 Å². The van der Waals surface area contributed by atoms with Crippen LogP contribution in [-0.2, 0) is 40.5 Å². The molecule has 7 aromatic rings. The second-order valence-corrected chi connectivity index (χ2v) is 20.8. The van der Waals surface area contributed by atoms with E-state index in [1.54, 1.807) is 24.3 Å². The Labute approximate surface area is 410 Å². The van der Waals surface area contributed by atoms with Crippen LogP contribution in [0.1, 0.15) is 6.42 Å². The van der Waals surface area contributed by atoms with E-state index < -0.39 is 72.3 Å². The predicted molar refractivity (Wildman–Crippen MR) is 260 cm³/mol. The van der Waals surface area contributed by atoms with Crippen molar-refractivity contribution in [3.63, 3.8) is 0 Å². The van der Waals surface area contributed by atoms with Gasteiger partial charge in [0.2, 0.25) is 0 Å². The van der Waals surface area contributed by atoms with E-state index in [2.05, 4.69) is 36.0 Å². The zero-order valence-corrected chi connectivity index (χ0v) is 40.7. The number of benzene rings is 7. The number of hydrogen-bond acceptors (Lipinski definition) is 20. The van der Waals surface area contributed by atoms with Crippen molar-refractivity contribution in [2.75, 3.05) is 39.0 Å². The molecule has 0 amide bonds. The second kappa shape index (κ2) is 20.9. The summed E-state index contributed by atoms with van der Waals surface area (Å²) >= 11 is 0. The van der Waals surface area contributed by atoms with Crippen molar-refractivity contribution in [2.45, 2.75) is 21.1 Å². The Morgan fingerprint density at radius 3 is 1.68 bits per heavy atom. The number of para-hydroxylation sites is 1. The van der Waals surface area contributed by atoms with E-state index in [-0.39, 0.29) is 86.0 Å². The molecule has 0 atom stereocenters. The van der Waals surface area contributed by atoms with Crippen molar-refractivity contribution in [3.05, 3.63) is 109 Å². The molecule has 7 aromatic carbocycles. The summed E-state index contributed by atoms with van der Waals surface area (Å²) in [5.41, 5.74) is -0.0480. The number of ether oxygens (including phenoxy) is 4. The number of nitrogens with one attached hydrogen (secondary N) is 1. The van der Waals surface area contributed by atoms with Crippen LogP contribution in [-0.4, -0.2) is 90.7 Å². The summed E-state index contributed by atoms with van der Waals surface area (Å²) in [5.74, 6) is -1.46. The molecule has 6 N–H and O–H groups in total. The maximum atomic E-state index is 12.8. The van der Waals surface area contributed by atoms with Crippen LogP contribution in [0.5, 0.6) is 28.7 Å². The normalized spacial score (nSPS) is 12.6. The van der Waals surface area contributed by atoms with Gasteiger partial charge in [-0.25, -0.2) is 0 Å². The van der Waals surface area contributed by atoms with Gasteiger partial charge in [-0.3, -0.25) is 18.2 Å². The summed E-state index contributed by atoms with van der Waals surface area (Å²) in [6.07, 6.45) is -0.126. The fourth-order valence-corrected chi connectivity index (χ4v) is 9.19. The molecule has 0 heterocycles. The van der Waals surface area contributed by atoms with Crippen LogP contribution in [0, 0.1) is 0 Å². The minimum atomic E-state index is -5.06. The highest BCUT2D eigenvalue weighted by Gasteiger charge is 2.24. The molecule has 7 rings (SSSR count). The lowest BCUT2D eigenvalue weighted by Crippen LogP contribution is -2.08. The van der Waals surface area contributed by atoms with Crippen LogP contribution in [0.25, 0.3) is 21.5 Å². The monoisotopic (exact) mass is 1070 g/mol. The van der Waals surface area contributed by atoms with Crippen LogP contribution in [0.3, 0.4) is 0 Å². The number of phenols is 1. The molecular formula is C44H39N7O17S4. The predicted octanol–water partition coefficient (Wildman–Crippen LogP) is 10.1. The van der Waals surface area contributed by atoms with Gasteiger partial charge in [0, 0.05) is 51.8 Å². The van der Waals surface area contributed by atoms with Gasteiger partial charge in [-0.1, -0.05) is 24.3 Å². The molecule has 0 aliphatic carbocycles. The second-order valence-electron chi connectivity index (χ2n) is 15.0. The van der Waals surface area contributed by atoms with Gasteiger partial charge < -0.3 is 29.4 Å². The number of methoxy groups -OCH3 is 3. The molecule has 0 bridgehead atoms. The topological polar surface area (TPSA) is 361 Å². The van der Waals surface area contributed by atoms with Crippen molar-refractivity contribution in [1.82, 2.24) is 0 Å². The number of fused-ring (bicyclic) bond motifs is 2. The van der Waals surface area contributed by atoms with Gasteiger partial charge in [0.15, 0.2) is 5.75 Å². The number of hydrogen-bond donors (Lipinski definition) is 6. The molecule has 0 unspecified atom stereocenters. The first-order chi connectivity index (χ1) is 34.0. The SMILES string of the molecule is COc1cc(N=Nc2cc(OC)c(N=Nc3c(S(=O)(=O)O)cc4cc(Nc5ccccc5)ccc4c3O)c3ccc(S(=O)(=O)O)cc23)c(OC)cc1N=Nc1ccc(OCCCS(=O)(=O)O)cc1S(=O)(=O)O. The highest BCUT2D eigenvalue weighted by Crippen LogP contribution is 2.48. The van der Waals surface area contributed by atoms with E-state index in [1.807, 2.05) is 18.2 Å². The van der Waals surface area contributed by atoms with Crippen LogP contribution < -0.4 is 24.3 Å². The quantitative estimate of drug-likeness (QED) is 0.0249. The lowest BCUT2D eigenvalue weighted by Gasteiger charge is -2.13. The number of nitrogens with zero attached hydrogens (tertiary/aromatic N) is 6. The van der Waals surface area contributed by atoms with Crippen molar-refractivity contribution in [2.24, 2.45) is 30.7 Å². The zero-order chi connectivity index (χ0) is 52.2. The van der Waals surface area contributed by atoms with E-state index >= 15 is 0 Å². The summed E-state index contributed by atoms with van der Waals surface area (Å²) in [5, 5.41) is 39.9. The standard InChI is InChI=1S/C44H39N7O17S4/c1-65-37-24-36(38(66-2)23-35(37)48-46-33-15-11-28(20-40(33)71(59,60)61)68-16-7-17-69(53,54)55)49-47-34-22-39(67-3)42(31-14-12-29(21-32(31)34)70(56,57)58)50-51-43-41(72(62,63)64)19-25-18-27(10-13-30(25)44(43)52)45-26-8-5-4-6-9-26/h4-6,8-15,18-24,45,52H,7,16-17H2,1-3H3,(H,53,54,55)(H,56,57,58)(H,59,60,61)(H,62,63,64). The smallest absolute Gasteiger partial charge is 0.296 e. The fraction of sp³-hybridized carbons (Fsp3) is 0.136. The molecular weight excluding hydrogens is 1030 g/mol. The molecule has 0 aliphatic heterocycles. The average Bonchev–Trinajstić information content (AvgIpc) is 3.32. The Bertz CT molecular complexity index is 3820. The Balaban J connectivity index is 1.27. The van der Waals surface area contributed by atoms with E-state index in [4.69, 9.17) is 23.5 Å². The van der Waals surface area contributed by atoms with Crippen molar-refractivity contribution in [1.29, 1.82) is 0 Å². The number of aromatic hydroxyl groups is 1. The molecule has 0 aromatic heterocycles. The third-order valence-electron chi connectivity index (χ3n) is 10.2.